The summed E-state index contributed by atoms with van der Waals surface area (Å²) >= 11 is 0. The topological polar surface area (TPSA) is 53.5 Å². The van der Waals surface area contributed by atoms with E-state index >= 15 is 0 Å². The fourth-order valence-corrected chi connectivity index (χ4v) is 1.59. The van der Waals surface area contributed by atoms with Gasteiger partial charge in [-0.25, -0.2) is 0 Å². The van der Waals surface area contributed by atoms with Crippen molar-refractivity contribution in [1.29, 1.82) is 0 Å². The van der Waals surface area contributed by atoms with E-state index in [1.54, 1.807) is 0 Å². The SMILES string of the molecule is O=C(CCC1=NCCN1)Nc1ccccc1. The van der Waals surface area contributed by atoms with E-state index in [9.17, 15) is 4.79 Å². The number of amides is 1. The van der Waals surface area contributed by atoms with Crippen LogP contribution in [-0.4, -0.2) is 24.8 Å². The van der Waals surface area contributed by atoms with Crippen molar-refractivity contribution in [3.05, 3.63) is 30.3 Å². The Balaban J connectivity index is 1.76. The van der Waals surface area contributed by atoms with E-state index in [1.807, 2.05) is 30.3 Å². The molecule has 1 heterocycles. The molecule has 0 aliphatic carbocycles. The lowest BCUT2D eigenvalue weighted by molar-refractivity contribution is -0.116. The second kappa shape index (κ2) is 5.30. The first-order valence-electron chi connectivity index (χ1n) is 5.47. The molecule has 1 amide bonds. The van der Waals surface area contributed by atoms with Gasteiger partial charge in [0.15, 0.2) is 0 Å². The summed E-state index contributed by atoms with van der Waals surface area (Å²) in [4.78, 5) is 15.8. The second-order valence-corrected chi connectivity index (χ2v) is 3.67. The lowest BCUT2D eigenvalue weighted by atomic mass is 10.2. The van der Waals surface area contributed by atoms with E-state index in [1.165, 1.54) is 0 Å². The molecule has 2 rings (SSSR count). The molecular weight excluding hydrogens is 202 g/mol. The summed E-state index contributed by atoms with van der Waals surface area (Å²) in [5, 5.41) is 5.99. The number of hydrogen-bond donors (Lipinski definition) is 2. The highest BCUT2D eigenvalue weighted by Crippen LogP contribution is 2.06. The van der Waals surface area contributed by atoms with Gasteiger partial charge in [-0.1, -0.05) is 18.2 Å². The maximum Gasteiger partial charge on any atom is 0.224 e. The molecule has 0 bridgehead atoms. The van der Waals surface area contributed by atoms with Crippen molar-refractivity contribution < 1.29 is 4.79 Å². The molecular formula is C12H15N3O. The van der Waals surface area contributed by atoms with Crippen molar-refractivity contribution in [3.8, 4) is 0 Å². The Hall–Kier alpha value is -1.84. The molecule has 4 heteroatoms. The summed E-state index contributed by atoms with van der Waals surface area (Å²) in [6.07, 6.45) is 1.17. The monoisotopic (exact) mass is 217 g/mol. The number of benzene rings is 1. The maximum absolute atomic E-state index is 11.6. The first kappa shape index (κ1) is 10.7. The molecule has 16 heavy (non-hydrogen) atoms. The van der Waals surface area contributed by atoms with E-state index < -0.39 is 0 Å². The number of aliphatic imine (C=N–C) groups is 1. The number of rotatable bonds is 4. The minimum Gasteiger partial charge on any atom is -0.372 e. The van der Waals surface area contributed by atoms with Gasteiger partial charge >= 0.3 is 0 Å². The van der Waals surface area contributed by atoms with E-state index in [2.05, 4.69) is 15.6 Å². The lowest BCUT2D eigenvalue weighted by Gasteiger charge is -2.05. The summed E-state index contributed by atoms with van der Waals surface area (Å²) in [5.41, 5.74) is 0.841. The van der Waals surface area contributed by atoms with Crippen LogP contribution in [0.1, 0.15) is 12.8 Å². The van der Waals surface area contributed by atoms with Gasteiger partial charge in [-0.2, -0.15) is 0 Å². The van der Waals surface area contributed by atoms with Crippen molar-refractivity contribution in [2.45, 2.75) is 12.8 Å². The summed E-state index contributed by atoms with van der Waals surface area (Å²) in [6, 6.07) is 9.48. The molecule has 0 atom stereocenters. The van der Waals surface area contributed by atoms with Gasteiger partial charge < -0.3 is 10.6 Å². The number of hydrogen-bond acceptors (Lipinski definition) is 3. The standard InChI is InChI=1S/C12H15N3O/c16-12(7-6-11-13-8-9-14-11)15-10-4-2-1-3-5-10/h1-5H,6-9H2,(H,13,14)(H,15,16). The summed E-state index contributed by atoms with van der Waals surface area (Å²) in [7, 11) is 0. The van der Waals surface area contributed by atoms with Gasteiger partial charge in [0.05, 0.1) is 12.4 Å². The Labute approximate surface area is 94.8 Å². The molecule has 0 fully saturated rings. The number of para-hydroxylation sites is 1. The van der Waals surface area contributed by atoms with Crippen LogP contribution in [0.25, 0.3) is 0 Å². The van der Waals surface area contributed by atoms with E-state index in [-0.39, 0.29) is 5.91 Å². The van der Waals surface area contributed by atoms with Crippen LogP contribution >= 0.6 is 0 Å². The third-order valence-corrected chi connectivity index (χ3v) is 2.39. The third kappa shape index (κ3) is 3.08. The van der Waals surface area contributed by atoms with Crippen molar-refractivity contribution >= 4 is 17.4 Å². The van der Waals surface area contributed by atoms with Crippen LogP contribution in [0.2, 0.25) is 0 Å². The third-order valence-electron chi connectivity index (χ3n) is 2.39. The van der Waals surface area contributed by atoms with E-state index in [0.29, 0.717) is 12.8 Å². The average Bonchev–Trinajstić information content (AvgIpc) is 2.81. The highest BCUT2D eigenvalue weighted by Gasteiger charge is 2.08. The first-order valence-corrected chi connectivity index (χ1v) is 5.47. The maximum atomic E-state index is 11.6. The number of amidine groups is 1. The molecule has 0 aromatic heterocycles. The normalized spacial score (nSPS) is 14.1. The van der Waals surface area contributed by atoms with Gasteiger partial charge in [-0.3, -0.25) is 9.79 Å². The minimum atomic E-state index is 0.0302. The molecule has 0 saturated heterocycles. The summed E-state index contributed by atoms with van der Waals surface area (Å²) in [5.74, 6) is 0.978. The molecule has 1 aromatic carbocycles. The quantitative estimate of drug-likeness (QED) is 0.801. The van der Waals surface area contributed by atoms with Gasteiger partial charge in [-0.15, -0.1) is 0 Å². The van der Waals surface area contributed by atoms with Crippen LogP contribution < -0.4 is 10.6 Å². The predicted octanol–water partition coefficient (Wildman–Crippen LogP) is 1.41. The Morgan fingerprint density at radius 1 is 1.38 bits per heavy atom. The van der Waals surface area contributed by atoms with Gasteiger partial charge in [-0.05, 0) is 12.1 Å². The number of nitrogens with one attached hydrogen (secondary N) is 2. The average molecular weight is 217 g/mol. The Kier molecular flexibility index (Phi) is 3.53. The molecule has 0 radical (unpaired) electrons. The van der Waals surface area contributed by atoms with Crippen LogP contribution in [0, 0.1) is 0 Å². The molecule has 0 saturated carbocycles. The molecule has 4 nitrogen and oxygen atoms in total. The highest BCUT2D eigenvalue weighted by atomic mass is 16.1. The second-order valence-electron chi connectivity index (χ2n) is 3.67. The van der Waals surface area contributed by atoms with Crippen LogP contribution in [0.5, 0.6) is 0 Å². The zero-order chi connectivity index (χ0) is 11.2. The largest absolute Gasteiger partial charge is 0.372 e. The van der Waals surface area contributed by atoms with E-state index in [4.69, 9.17) is 0 Å². The lowest BCUT2D eigenvalue weighted by Crippen LogP contribution is -2.21. The molecule has 0 unspecified atom stereocenters. The molecule has 1 aliphatic heterocycles. The highest BCUT2D eigenvalue weighted by molar-refractivity contribution is 5.94. The van der Waals surface area contributed by atoms with Crippen molar-refractivity contribution in [2.24, 2.45) is 4.99 Å². The Morgan fingerprint density at radius 2 is 2.19 bits per heavy atom. The molecule has 1 aromatic rings. The number of carbonyl (C=O) groups is 1. The smallest absolute Gasteiger partial charge is 0.224 e. The Morgan fingerprint density at radius 3 is 2.88 bits per heavy atom. The van der Waals surface area contributed by atoms with E-state index in [0.717, 1.165) is 24.6 Å². The van der Waals surface area contributed by atoms with Crippen LogP contribution in [0.3, 0.4) is 0 Å². The van der Waals surface area contributed by atoms with Gasteiger partial charge in [0, 0.05) is 25.1 Å². The van der Waals surface area contributed by atoms with Gasteiger partial charge in [0.2, 0.25) is 5.91 Å². The molecule has 84 valence electrons. The zero-order valence-corrected chi connectivity index (χ0v) is 9.07. The minimum absolute atomic E-state index is 0.0302. The zero-order valence-electron chi connectivity index (χ0n) is 9.07. The van der Waals surface area contributed by atoms with Crippen LogP contribution in [0.15, 0.2) is 35.3 Å². The van der Waals surface area contributed by atoms with Crippen molar-refractivity contribution in [3.63, 3.8) is 0 Å². The van der Waals surface area contributed by atoms with Crippen molar-refractivity contribution in [1.82, 2.24) is 5.32 Å². The van der Waals surface area contributed by atoms with Crippen molar-refractivity contribution in [2.75, 3.05) is 18.4 Å². The van der Waals surface area contributed by atoms with Gasteiger partial charge in [0.1, 0.15) is 0 Å². The number of carbonyl (C=O) groups excluding carboxylic acids is 1. The molecule has 0 spiro atoms. The van der Waals surface area contributed by atoms with Crippen LogP contribution in [-0.2, 0) is 4.79 Å². The predicted molar refractivity (Wildman–Crippen MR) is 64.6 cm³/mol. The van der Waals surface area contributed by atoms with Crippen LogP contribution in [0.4, 0.5) is 5.69 Å². The molecule has 1 aliphatic rings. The van der Waals surface area contributed by atoms with Gasteiger partial charge in [0.25, 0.3) is 0 Å². The fourth-order valence-electron chi connectivity index (χ4n) is 1.59. The fraction of sp³-hybridized carbons (Fsp3) is 0.333. The summed E-state index contributed by atoms with van der Waals surface area (Å²) in [6.45, 7) is 1.73. The first-order chi connectivity index (χ1) is 7.84. The molecule has 2 N–H and O–H groups in total. The Bertz CT molecular complexity index is 387. The number of nitrogens with zero attached hydrogens (tertiary/aromatic N) is 1. The number of anilines is 1. The summed E-state index contributed by atoms with van der Waals surface area (Å²) < 4.78 is 0.